The summed E-state index contributed by atoms with van der Waals surface area (Å²) in [6.45, 7) is 0. The second-order valence-electron chi connectivity index (χ2n) is 1.04. The molecule has 8 heavy (non-hydrogen) atoms. The van der Waals surface area contributed by atoms with Crippen molar-refractivity contribution < 1.29 is 0 Å². The van der Waals surface area contributed by atoms with Crippen LogP contribution in [0.4, 0.5) is 0 Å². The molecule has 1 rings (SSSR count). The normalized spacial score (nSPS) is 12.6. The topological polar surface area (TPSA) is 26.9 Å². The molecule has 0 bridgehead atoms. The Morgan fingerprint density at radius 3 is 2.12 bits per heavy atom. The average molecular weight is 193 g/mol. The summed E-state index contributed by atoms with van der Waals surface area (Å²) in [7, 11) is -1.35. The first-order valence-corrected chi connectivity index (χ1v) is 4.43. The summed E-state index contributed by atoms with van der Waals surface area (Å²) in [6.07, 6.45) is 0. The van der Waals surface area contributed by atoms with Gasteiger partial charge in [0.15, 0.2) is 7.04 Å². The standard InChI is InChI=1S/CCl3N2OP/c2-5-1(7)8(4)6(5)3. The molecule has 0 radical (unpaired) electrons. The van der Waals surface area contributed by atoms with E-state index in [1.54, 1.807) is 0 Å². The molecule has 0 aliphatic heterocycles. The summed E-state index contributed by atoms with van der Waals surface area (Å²) in [4.78, 5) is 10.3. The highest BCUT2D eigenvalue weighted by molar-refractivity contribution is 7.75. The molecule has 1 atom stereocenters. The maximum atomic E-state index is 10.3. The first-order chi connectivity index (χ1) is 3.64. The van der Waals surface area contributed by atoms with Gasteiger partial charge in [0.05, 0.1) is 0 Å². The molecule has 0 aromatic carbocycles. The average Bonchev–Trinajstić information content (AvgIpc) is 1.83. The lowest BCUT2D eigenvalue weighted by atomic mass is 11.5. The minimum Gasteiger partial charge on any atom is -0.259 e. The fourth-order valence-electron chi connectivity index (χ4n) is 0.241. The Hall–Kier alpha value is 0.440. The van der Waals surface area contributed by atoms with Crippen molar-refractivity contribution in [1.29, 1.82) is 0 Å². The second-order valence-corrected chi connectivity index (χ2v) is 4.16. The van der Waals surface area contributed by atoms with Gasteiger partial charge in [-0.2, -0.15) is 0 Å². The van der Waals surface area contributed by atoms with Gasteiger partial charge >= 0.3 is 5.29 Å². The largest absolute Gasteiger partial charge is 0.333 e. The Kier molecular flexibility index (Phi) is 1.63. The Bertz CT molecular complexity index is 224. The van der Waals surface area contributed by atoms with Crippen LogP contribution in [0.1, 0.15) is 0 Å². The van der Waals surface area contributed by atoms with Crippen LogP contribution >= 0.6 is 41.8 Å². The molecular weight excluding hydrogens is 193 g/mol. The van der Waals surface area contributed by atoms with E-state index in [4.69, 9.17) is 34.8 Å². The first-order valence-electron chi connectivity index (χ1n) is 1.56. The van der Waals surface area contributed by atoms with Gasteiger partial charge in [0, 0.05) is 23.6 Å². The lowest BCUT2D eigenvalue weighted by molar-refractivity contribution is 0.893. The van der Waals surface area contributed by atoms with Gasteiger partial charge in [-0.05, 0) is 11.2 Å². The lowest BCUT2D eigenvalue weighted by Gasteiger charge is -2.05. The highest BCUT2D eigenvalue weighted by atomic mass is 35.7. The number of rotatable bonds is 0. The van der Waals surface area contributed by atoms with Crippen LogP contribution < -0.4 is 5.29 Å². The van der Waals surface area contributed by atoms with Crippen LogP contribution in [0.5, 0.6) is 0 Å². The van der Waals surface area contributed by atoms with Crippen LogP contribution in [-0.2, 0) is 0 Å². The predicted molar refractivity (Wildman–Crippen MR) is 35.2 cm³/mol. The summed E-state index contributed by atoms with van der Waals surface area (Å²) in [5.74, 6) is 0. The first kappa shape index (κ1) is 6.56. The van der Waals surface area contributed by atoms with E-state index in [0.717, 1.165) is 8.16 Å². The Labute approximate surface area is 60.5 Å². The Morgan fingerprint density at radius 2 is 2.00 bits per heavy atom. The monoisotopic (exact) mass is 192 g/mol. The summed E-state index contributed by atoms with van der Waals surface area (Å²) in [6, 6.07) is 0. The van der Waals surface area contributed by atoms with Crippen LogP contribution in [-0.4, -0.2) is 8.16 Å². The van der Waals surface area contributed by atoms with E-state index in [9.17, 15) is 4.79 Å². The van der Waals surface area contributed by atoms with E-state index in [0.29, 0.717) is 0 Å². The quantitative estimate of drug-likeness (QED) is 0.615. The third-order valence-corrected chi connectivity index (χ3v) is 3.88. The molecule has 0 saturated carbocycles. The van der Waals surface area contributed by atoms with Gasteiger partial charge in [0.1, 0.15) is 0 Å². The molecule has 0 aliphatic rings. The third kappa shape index (κ3) is 0.705. The van der Waals surface area contributed by atoms with Gasteiger partial charge in [-0.15, -0.1) is 8.16 Å². The molecule has 7 heteroatoms. The number of aromatic nitrogens is 2. The Balaban J connectivity index is 3.25. The van der Waals surface area contributed by atoms with E-state index < -0.39 is 7.04 Å². The van der Waals surface area contributed by atoms with Crippen molar-refractivity contribution in [2.45, 2.75) is 0 Å². The molecule has 0 amide bonds. The molecule has 3 nitrogen and oxygen atoms in total. The zero-order chi connectivity index (χ0) is 6.31. The minimum atomic E-state index is -1.35. The number of halogens is 3. The molecule has 1 unspecified atom stereocenters. The van der Waals surface area contributed by atoms with Crippen LogP contribution in [0.25, 0.3) is 0 Å². The molecule has 46 valence electrons. The molecule has 1 aromatic heterocycles. The Morgan fingerprint density at radius 1 is 1.50 bits per heavy atom. The molecule has 0 spiro atoms. The van der Waals surface area contributed by atoms with E-state index in [-0.39, 0.29) is 5.29 Å². The molecule has 1 heterocycles. The zero-order valence-corrected chi connectivity index (χ0v) is 6.55. The van der Waals surface area contributed by atoms with Crippen LogP contribution in [0.2, 0.25) is 0 Å². The fourth-order valence-corrected chi connectivity index (χ4v) is 2.07. The van der Waals surface area contributed by atoms with Gasteiger partial charge < -0.3 is 0 Å². The molecular formula is CCl3N2OP. The van der Waals surface area contributed by atoms with E-state index in [1.807, 2.05) is 0 Å². The van der Waals surface area contributed by atoms with Gasteiger partial charge in [0.2, 0.25) is 0 Å². The van der Waals surface area contributed by atoms with E-state index in [1.165, 1.54) is 0 Å². The minimum absolute atomic E-state index is 0.335. The van der Waals surface area contributed by atoms with Crippen molar-refractivity contribution in [2.24, 2.45) is 0 Å². The smallest absolute Gasteiger partial charge is 0.259 e. The molecule has 0 fully saturated rings. The van der Waals surface area contributed by atoms with Crippen molar-refractivity contribution in [3.63, 3.8) is 0 Å². The summed E-state index contributed by atoms with van der Waals surface area (Å²) >= 11 is 15.7. The highest BCUT2D eigenvalue weighted by Gasteiger charge is 2.11. The van der Waals surface area contributed by atoms with Crippen LogP contribution in [0.15, 0.2) is 4.79 Å². The maximum Gasteiger partial charge on any atom is 0.333 e. The van der Waals surface area contributed by atoms with Gasteiger partial charge in [-0.25, -0.2) is 0 Å². The van der Waals surface area contributed by atoms with E-state index >= 15 is 0 Å². The van der Waals surface area contributed by atoms with Crippen molar-refractivity contribution in [1.82, 2.24) is 8.16 Å². The SMILES string of the molecule is O=c1n(Cl)n(Cl)p1Cl. The molecule has 0 saturated heterocycles. The van der Waals surface area contributed by atoms with Crippen LogP contribution in [0, 0.1) is 0 Å². The highest BCUT2D eigenvalue weighted by Crippen LogP contribution is 2.29. The molecule has 0 N–H and O–H groups in total. The fraction of sp³-hybridized carbons (Fsp3) is 0. The number of nitrogens with zero attached hydrogens (tertiary/aromatic N) is 2. The summed E-state index contributed by atoms with van der Waals surface area (Å²) in [5, 5.41) is -0.335. The predicted octanol–water partition coefficient (Wildman–Crippen LogP) is 1.64. The van der Waals surface area contributed by atoms with Crippen molar-refractivity contribution in [3.05, 3.63) is 10.1 Å². The number of hydrogen-bond donors (Lipinski definition) is 0. The van der Waals surface area contributed by atoms with Gasteiger partial charge in [-0.3, -0.25) is 4.79 Å². The lowest BCUT2D eigenvalue weighted by Crippen LogP contribution is -2.22. The maximum absolute atomic E-state index is 10.3. The third-order valence-electron chi connectivity index (χ3n) is 0.605. The zero-order valence-electron chi connectivity index (χ0n) is 3.38. The van der Waals surface area contributed by atoms with Gasteiger partial charge in [-0.1, -0.05) is 0 Å². The van der Waals surface area contributed by atoms with Gasteiger partial charge in [0.25, 0.3) is 0 Å². The summed E-state index contributed by atoms with van der Waals surface area (Å²) in [5.41, 5.74) is 0. The summed E-state index contributed by atoms with van der Waals surface area (Å²) < 4.78 is 1.70. The van der Waals surface area contributed by atoms with E-state index in [2.05, 4.69) is 0 Å². The van der Waals surface area contributed by atoms with Crippen molar-refractivity contribution >= 4 is 41.8 Å². The van der Waals surface area contributed by atoms with Crippen molar-refractivity contribution in [3.8, 4) is 0 Å². The number of hydrogen-bond acceptors (Lipinski definition) is 1. The van der Waals surface area contributed by atoms with Crippen molar-refractivity contribution in [2.75, 3.05) is 0 Å². The molecule has 0 aliphatic carbocycles. The van der Waals surface area contributed by atoms with Crippen LogP contribution in [0.3, 0.4) is 0 Å². The molecule has 1 aromatic rings. The second kappa shape index (κ2) is 1.99.